The van der Waals surface area contributed by atoms with Gasteiger partial charge in [0.15, 0.2) is 5.76 Å². The van der Waals surface area contributed by atoms with E-state index in [9.17, 15) is 4.79 Å². The van der Waals surface area contributed by atoms with E-state index in [1.165, 1.54) is 0 Å². The van der Waals surface area contributed by atoms with Crippen molar-refractivity contribution in [3.05, 3.63) is 93.1 Å². The predicted molar refractivity (Wildman–Crippen MR) is 129 cm³/mol. The van der Waals surface area contributed by atoms with Gasteiger partial charge in [0.25, 0.3) is 0 Å². The summed E-state index contributed by atoms with van der Waals surface area (Å²) in [6.07, 6.45) is 1.55. The second-order valence-electron chi connectivity index (χ2n) is 7.77. The second kappa shape index (κ2) is 9.92. The van der Waals surface area contributed by atoms with E-state index in [1.54, 1.807) is 18.2 Å². The van der Waals surface area contributed by atoms with Gasteiger partial charge >= 0.3 is 0 Å². The Morgan fingerprint density at radius 1 is 0.875 bits per heavy atom. The molecule has 4 rings (SSSR count). The molecule has 0 saturated carbocycles. The highest BCUT2D eigenvalue weighted by molar-refractivity contribution is 6.31. The van der Waals surface area contributed by atoms with Crippen molar-refractivity contribution in [1.29, 1.82) is 0 Å². The fourth-order valence-electron chi connectivity index (χ4n) is 3.46. The number of hydrogen-bond acceptors (Lipinski definition) is 4. The third-order valence-corrected chi connectivity index (χ3v) is 5.50. The molecule has 0 spiro atoms. The maximum absolute atomic E-state index is 13.2. The average Bonchev–Trinajstić information content (AvgIpc) is 2.79. The van der Waals surface area contributed by atoms with Gasteiger partial charge in [-0.15, -0.1) is 0 Å². The number of halogens is 1. The van der Waals surface area contributed by atoms with Gasteiger partial charge in [-0.05, 0) is 56.5 Å². The number of hydrogen-bond donors (Lipinski definition) is 0. The van der Waals surface area contributed by atoms with Crippen LogP contribution in [0.25, 0.3) is 22.3 Å². The Hall–Kier alpha value is -3.24. The summed E-state index contributed by atoms with van der Waals surface area (Å²) in [5, 5.41) is 0.887. The number of fused-ring (bicyclic) bond motifs is 1. The van der Waals surface area contributed by atoms with E-state index in [-0.39, 0.29) is 11.2 Å². The summed E-state index contributed by atoms with van der Waals surface area (Å²) in [5.41, 5.74) is 3.29. The zero-order valence-corrected chi connectivity index (χ0v) is 18.9. The number of aryl methyl sites for hydroxylation is 2. The summed E-state index contributed by atoms with van der Waals surface area (Å²) < 4.78 is 17.9. The minimum Gasteiger partial charge on any atom is -0.493 e. The van der Waals surface area contributed by atoms with Gasteiger partial charge in [0, 0.05) is 10.6 Å². The fraction of sp³-hybridized carbons (Fsp3) is 0.222. The van der Waals surface area contributed by atoms with Gasteiger partial charge in [0.05, 0.1) is 18.6 Å². The van der Waals surface area contributed by atoms with Crippen molar-refractivity contribution in [2.75, 3.05) is 13.2 Å². The van der Waals surface area contributed by atoms with Crippen LogP contribution in [0.1, 0.15) is 24.0 Å². The Morgan fingerprint density at radius 3 is 2.34 bits per heavy atom. The van der Waals surface area contributed by atoms with Gasteiger partial charge in [-0.25, -0.2) is 0 Å². The molecule has 0 aliphatic carbocycles. The molecule has 1 heterocycles. The summed E-state index contributed by atoms with van der Waals surface area (Å²) in [5.74, 6) is 1.53. The lowest BCUT2D eigenvalue weighted by Gasteiger charge is -2.12. The molecule has 0 fully saturated rings. The van der Waals surface area contributed by atoms with Crippen molar-refractivity contribution in [2.45, 2.75) is 26.7 Å². The van der Waals surface area contributed by atoms with E-state index in [0.29, 0.717) is 35.0 Å². The molecule has 0 unspecified atom stereocenters. The van der Waals surface area contributed by atoms with Crippen LogP contribution >= 0.6 is 11.6 Å². The van der Waals surface area contributed by atoms with Gasteiger partial charge in [-0.1, -0.05) is 59.6 Å². The van der Waals surface area contributed by atoms with E-state index in [1.807, 2.05) is 62.4 Å². The van der Waals surface area contributed by atoms with Crippen LogP contribution in [0.2, 0.25) is 5.02 Å². The third kappa shape index (κ3) is 4.97. The fourth-order valence-corrected chi connectivity index (χ4v) is 3.63. The van der Waals surface area contributed by atoms with E-state index in [4.69, 9.17) is 25.5 Å². The largest absolute Gasteiger partial charge is 0.493 e. The van der Waals surface area contributed by atoms with Crippen LogP contribution in [-0.4, -0.2) is 13.2 Å². The molecule has 0 amide bonds. The molecule has 0 bridgehead atoms. The molecule has 164 valence electrons. The molecular formula is C27H25ClO4. The van der Waals surface area contributed by atoms with E-state index >= 15 is 0 Å². The Morgan fingerprint density at radius 2 is 1.59 bits per heavy atom. The van der Waals surface area contributed by atoms with E-state index in [0.717, 1.165) is 35.3 Å². The number of benzene rings is 3. The van der Waals surface area contributed by atoms with Crippen molar-refractivity contribution in [1.82, 2.24) is 0 Å². The lowest BCUT2D eigenvalue weighted by Crippen LogP contribution is -2.12. The molecule has 5 heteroatoms. The molecule has 0 aliphatic heterocycles. The molecule has 1 aromatic heterocycles. The molecule has 0 N–H and O–H groups in total. The van der Waals surface area contributed by atoms with Crippen molar-refractivity contribution in [3.8, 4) is 22.8 Å². The van der Waals surface area contributed by atoms with Crippen LogP contribution in [0, 0.1) is 13.8 Å². The topological polar surface area (TPSA) is 48.7 Å². The molecule has 0 radical (unpaired) electrons. The SMILES string of the molecule is Cc1ccc(-c2oc3ccc(Cl)cc3c(=O)c2OCCCCOc2ccccc2C)cc1. The Bertz CT molecular complexity index is 1280. The van der Waals surface area contributed by atoms with Crippen molar-refractivity contribution < 1.29 is 13.9 Å². The zero-order valence-electron chi connectivity index (χ0n) is 18.2. The number of ether oxygens (including phenoxy) is 2. The highest BCUT2D eigenvalue weighted by atomic mass is 35.5. The van der Waals surface area contributed by atoms with Crippen LogP contribution in [0.15, 0.2) is 75.9 Å². The lowest BCUT2D eigenvalue weighted by atomic mass is 10.1. The third-order valence-electron chi connectivity index (χ3n) is 5.26. The van der Waals surface area contributed by atoms with Crippen LogP contribution in [0.5, 0.6) is 11.5 Å². The summed E-state index contributed by atoms with van der Waals surface area (Å²) in [4.78, 5) is 13.2. The molecule has 4 nitrogen and oxygen atoms in total. The van der Waals surface area contributed by atoms with Crippen LogP contribution in [0.4, 0.5) is 0 Å². The predicted octanol–water partition coefficient (Wildman–Crippen LogP) is 6.97. The summed E-state index contributed by atoms with van der Waals surface area (Å²) in [6, 6.07) is 20.8. The minimum atomic E-state index is -0.222. The number of rotatable bonds is 8. The first kappa shape index (κ1) is 22.0. The summed E-state index contributed by atoms with van der Waals surface area (Å²) in [6.45, 7) is 5.00. The van der Waals surface area contributed by atoms with Gasteiger partial charge in [0.2, 0.25) is 11.2 Å². The Balaban J connectivity index is 1.50. The first-order valence-electron chi connectivity index (χ1n) is 10.7. The summed E-state index contributed by atoms with van der Waals surface area (Å²) >= 11 is 6.11. The monoisotopic (exact) mass is 448 g/mol. The van der Waals surface area contributed by atoms with Gasteiger partial charge in [-0.3, -0.25) is 4.79 Å². The normalized spacial score (nSPS) is 11.0. The lowest BCUT2D eigenvalue weighted by molar-refractivity contribution is 0.262. The molecule has 0 aliphatic rings. The quantitative estimate of drug-likeness (QED) is 0.273. The van der Waals surface area contributed by atoms with Crippen LogP contribution in [-0.2, 0) is 0 Å². The first-order valence-corrected chi connectivity index (χ1v) is 11.1. The van der Waals surface area contributed by atoms with Gasteiger partial charge in [-0.2, -0.15) is 0 Å². The van der Waals surface area contributed by atoms with E-state index < -0.39 is 0 Å². The molecular weight excluding hydrogens is 424 g/mol. The van der Waals surface area contributed by atoms with Crippen LogP contribution in [0.3, 0.4) is 0 Å². The van der Waals surface area contributed by atoms with Crippen LogP contribution < -0.4 is 14.9 Å². The average molecular weight is 449 g/mol. The molecule has 4 aromatic rings. The second-order valence-corrected chi connectivity index (χ2v) is 8.20. The minimum absolute atomic E-state index is 0.212. The highest BCUT2D eigenvalue weighted by Gasteiger charge is 2.18. The van der Waals surface area contributed by atoms with Gasteiger partial charge < -0.3 is 13.9 Å². The number of unbranched alkanes of at least 4 members (excludes halogenated alkanes) is 1. The van der Waals surface area contributed by atoms with E-state index in [2.05, 4.69) is 0 Å². The standard InChI is InChI=1S/C27H25ClO4/c1-18-9-11-20(12-10-18)26-27(25(29)22-17-21(28)13-14-24(22)32-26)31-16-6-5-15-30-23-8-4-3-7-19(23)2/h3-4,7-14,17H,5-6,15-16H2,1-2H3. The number of para-hydroxylation sites is 1. The maximum Gasteiger partial charge on any atom is 0.235 e. The maximum atomic E-state index is 13.2. The Labute approximate surface area is 192 Å². The molecule has 32 heavy (non-hydrogen) atoms. The zero-order chi connectivity index (χ0) is 22.5. The molecule has 0 atom stereocenters. The van der Waals surface area contributed by atoms with Gasteiger partial charge in [0.1, 0.15) is 11.3 Å². The van der Waals surface area contributed by atoms with Crippen molar-refractivity contribution in [2.24, 2.45) is 0 Å². The van der Waals surface area contributed by atoms with Crippen molar-refractivity contribution >= 4 is 22.6 Å². The summed E-state index contributed by atoms with van der Waals surface area (Å²) in [7, 11) is 0. The smallest absolute Gasteiger partial charge is 0.235 e. The molecule has 0 saturated heterocycles. The van der Waals surface area contributed by atoms with Crippen molar-refractivity contribution in [3.63, 3.8) is 0 Å². The Kier molecular flexibility index (Phi) is 6.81. The first-order chi connectivity index (χ1) is 15.5. The highest BCUT2D eigenvalue weighted by Crippen LogP contribution is 2.32. The molecule has 3 aromatic carbocycles.